The third-order valence-electron chi connectivity index (χ3n) is 5.79. The normalized spacial score (nSPS) is 12.0. The minimum Gasteiger partial charge on any atom is -0.355 e. The molecule has 0 radical (unpaired) electrons. The molecule has 0 saturated heterocycles. The van der Waals surface area contributed by atoms with Crippen LogP contribution >= 0.6 is 11.6 Å². The van der Waals surface area contributed by atoms with E-state index in [4.69, 9.17) is 11.6 Å². The number of carbonyl (C=O) groups excluding carboxylic acids is 2. The zero-order chi connectivity index (χ0) is 27.2. The maximum atomic E-state index is 14.5. The van der Waals surface area contributed by atoms with Gasteiger partial charge in [0, 0.05) is 23.7 Å². The van der Waals surface area contributed by atoms with Crippen LogP contribution in [0.5, 0.6) is 0 Å². The topological polar surface area (TPSA) is 86.8 Å². The van der Waals surface area contributed by atoms with Crippen molar-refractivity contribution in [1.29, 1.82) is 0 Å². The van der Waals surface area contributed by atoms with Gasteiger partial charge in [0.05, 0.1) is 10.6 Å². The first-order valence-corrected chi connectivity index (χ1v) is 13.5. The second-order valence-corrected chi connectivity index (χ2v) is 10.8. The Labute approximate surface area is 221 Å². The summed E-state index contributed by atoms with van der Waals surface area (Å²) < 4.78 is 42.9. The van der Waals surface area contributed by atoms with Gasteiger partial charge in [-0.05, 0) is 68.8 Å². The number of sulfonamides is 1. The van der Waals surface area contributed by atoms with Gasteiger partial charge >= 0.3 is 0 Å². The molecule has 3 aromatic carbocycles. The lowest BCUT2D eigenvalue weighted by molar-refractivity contribution is -0.139. The monoisotopic (exact) mass is 545 g/mol. The van der Waals surface area contributed by atoms with Crippen LogP contribution < -0.4 is 9.62 Å². The molecule has 7 nitrogen and oxygen atoms in total. The van der Waals surface area contributed by atoms with E-state index in [1.165, 1.54) is 54.3 Å². The van der Waals surface area contributed by atoms with Crippen molar-refractivity contribution in [1.82, 2.24) is 10.2 Å². The molecule has 0 saturated carbocycles. The summed E-state index contributed by atoms with van der Waals surface area (Å²) in [6.45, 7) is 4.59. The standard InChI is InChI=1S/C27H29ClFN3O4S/c1-4-30-27(34)20(3)31(17-21-9-5-6-11-25(21)29)26(33)18-32(23-10-7-8-19(2)16-23)37(35,36)24-14-12-22(28)13-15-24/h5-16,20H,4,17-18H2,1-3H3,(H,30,34)/t20-/m0/s1. The summed E-state index contributed by atoms with van der Waals surface area (Å²) in [4.78, 5) is 27.5. The van der Waals surface area contributed by atoms with E-state index in [-0.39, 0.29) is 22.7 Å². The van der Waals surface area contributed by atoms with Crippen molar-refractivity contribution in [2.24, 2.45) is 0 Å². The second-order valence-electron chi connectivity index (χ2n) is 8.49. The van der Waals surface area contributed by atoms with Crippen molar-refractivity contribution in [3.8, 4) is 0 Å². The van der Waals surface area contributed by atoms with Gasteiger partial charge in [0.1, 0.15) is 18.4 Å². The average Bonchev–Trinajstić information content (AvgIpc) is 2.86. The molecule has 0 aliphatic rings. The van der Waals surface area contributed by atoms with E-state index in [0.29, 0.717) is 11.6 Å². The minimum absolute atomic E-state index is 0.0522. The van der Waals surface area contributed by atoms with E-state index in [0.717, 1.165) is 9.87 Å². The Morgan fingerprint density at radius 3 is 2.32 bits per heavy atom. The van der Waals surface area contributed by atoms with E-state index >= 15 is 0 Å². The fourth-order valence-electron chi connectivity index (χ4n) is 3.76. The molecule has 0 aromatic heterocycles. The molecule has 2 amide bonds. The van der Waals surface area contributed by atoms with Crippen LogP contribution in [0.2, 0.25) is 5.02 Å². The van der Waals surface area contributed by atoms with Gasteiger partial charge in [0.25, 0.3) is 10.0 Å². The predicted octanol–water partition coefficient (Wildman–Crippen LogP) is 4.54. The van der Waals surface area contributed by atoms with Crippen LogP contribution in [0, 0.1) is 12.7 Å². The van der Waals surface area contributed by atoms with Crippen LogP contribution in [0.25, 0.3) is 0 Å². The highest BCUT2D eigenvalue weighted by Gasteiger charge is 2.32. The Hall–Kier alpha value is -3.43. The van der Waals surface area contributed by atoms with Gasteiger partial charge in [0.2, 0.25) is 11.8 Å². The molecule has 37 heavy (non-hydrogen) atoms. The molecule has 0 unspecified atom stereocenters. The van der Waals surface area contributed by atoms with Gasteiger partial charge in [-0.2, -0.15) is 0 Å². The first kappa shape index (κ1) is 28.1. The van der Waals surface area contributed by atoms with E-state index in [9.17, 15) is 22.4 Å². The predicted molar refractivity (Wildman–Crippen MR) is 142 cm³/mol. The van der Waals surface area contributed by atoms with Crippen LogP contribution in [0.4, 0.5) is 10.1 Å². The van der Waals surface area contributed by atoms with E-state index in [2.05, 4.69) is 5.32 Å². The molecule has 0 bridgehead atoms. The van der Waals surface area contributed by atoms with Crippen LogP contribution in [0.1, 0.15) is 25.0 Å². The zero-order valence-corrected chi connectivity index (χ0v) is 22.4. The van der Waals surface area contributed by atoms with Crippen LogP contribution in [0.15, 0.2) is 77.7 Å². The Bertz CT molecular complexity index is 1370. The molecule has 1 atom stereocenters. The smallest absolute Gasteiger partial charge is 0.264 e. The van der Waals surface area contributed by atoms with Crippen LogP contribution in [-0.2, 0) is 26.2 Å². The minimum atomic E-state index is -4.20. The number of nitrogens with zero attached hydrogens (tertiary/aromatic N) is 2. The number of rotatable bonds is 10. The maximum absolute atomic E-state index is 14.5. The number of amides is 2. The summed E-state index contributed by atoms with van der Waals surface area (Å²) in [6, 6.07) is 17.3. The van der Waals surface area contributed by atoms with Crippen molar-refractivity contribution >= 4 is 39.1 Å². The number of halogens is 2. The van der Waals surface area contributed by atoms with E-state index in [1.807, 2.05) is 0 Å². The molecule has 0 aliphatic heterocycles. The molecule has 10 heteroatoms. The number of nitrogens with one attached hydrogen (secondary N) is 1. The fraction of sp³-hybridized carbons (Fsp3) is 0.259. The van der Waals surface area contributed by atoms with Crippen LogP contribution in [-0.4, -0.2) is 44.3 Å². The number of carbonyl (C=O) groups is 2. The number of benzene rings is 3. The third-order valence-corrected chi connectivity index (χ3v) is 7.83. The summed E-state index contributed by atoms with van der Waals surface area (Å²) in [5.41, 5.74) is 1.27. The number of likely N-dealkylation sites (N-methyl/N-ethyl adjacent to an activating group) is 1. The molecule has 3 rings (SSSR count). The quantitative estimate of drug-likeness (QED) is 0.405. The zero-order valence-electron chi connectivity index (χ0n) is 20.8. The third kappa shape index (κ3) is 6.87. The van der Waals surface area contributed by atoms with Crippen molar-refractivity contribution in [2.45, 2.75) is 38.3 Å². The highest BCUT2D eigenvalue weighted by atomic mass is 35.5. The van der Waals surface area contributed by atoms with Gasteiger partial charge in [-0.25, -0.2) is 12.8 Å². The first-order chi connectivity index (χ1) is 17.5. The molecule has 3 aromatic rings. The number of hydrogen-bond donors (Lipinski definition) is 1. The van der Waals surface area contributed by atoms with Crippen molar-refractivity contribution in [3.05, 3.63) is 94.8 Å². The highest BCUT2D eigenvalue weighted by molar-refractivity contribution is 7.92. The maximum Gasteiger partial charge on any atom is 0.264 e. The molecule has 0 heterocycles. The lowest BCUT2D eigenvalue weighted by atomic mass is 10.1. The van der Waals surface area contributed by atoms with Gasteiger partial charge in [-0.3, -0.25) is 13.9 Å². The number of hydrogen-bond acceptors (Lipinski definition) is 4. The largest absolute Gasteiger partial charge is 0.355 e. The van der Waals surface area contributed by atoms with Gasteiger partial charge in [-0.1, -0.05) is 41.9 Å². The van der Waals surface area contributed by atoms with Crippen molar-refractivity contribution < 1.29 is 22.4 Å². The summed E-state index contributed by atoms with van der Waals surface area (Å²) in [7, 11) is -4.20. The van der Waals surface area contributed by atoms with E-state index < -0.39 is 40.2 Å². The number of anilines is 1. The average molecular weight is 546 g/mol. The fourth-order valence-corrected chi connectivity index (χ4v) is 5.29. The first-order valence-electron chi connectivity index (χ1n) is 11.7. The Morgan fingerprint density at radius 2 is 1.70 bits per heavy atom. The molecule has 0 aliphatic carbocycles. The SMILES string of the molecule is CCNC(=O)[C@H](C)N(Cc1ccccc1F)C(=O)CN(c1cccc(C)c1)S(=O)(=O)c1ccc(Cl)cc1. The molecule has 196 valence electrons. The van der Waals surface area contributed by atoms with Gasteiger partial charge in [-0.15, -0.1) is 0 Å². The Morgan fingerprint density at radius 1 is 1.03 bits per heavy atom. The molecular weight excluding hydrogens is 517 g/mol. The van der Waals surface area contributed by atoms with Gasteiger partial charge < -0.3 is 10.2 Å². The van der Waals surface area contributed by atoms with Crippen molar-refractivity contribution in [3.63, 3.8) is 0 Å². The Kier molecular flexibility index (Phi) is 9.29. The number of aryl methyl sites for hydroxylation is 1. The van der Waals surface area contributed by atoms with Gasteiger partial charge in [0.15, 0.2) is 0 Å². The lowest BCUT2D eigenvalue weighted by Crippen LogP contribution is -2.51. The molecule has 0 spiro atoms. The lowest BCUT2D eigenvalue weighted by Gasteiger charge is -2.32. The van der Waals surface area contributed by atoms with Crippen molar-refractivity contribution in [2.75, 3.05) is 17.4 Å². The van der Waals surface area contributed by atoms with Crippen LogP contribution in [0.3, 0.4) is 0 Å². The summed E-state index contributed by atoms with van der Waals surface area (Å²) in [5.74, 6) is -1.64. The van der Waals surface area contributed by atoms with E-state index in [1.54, 1.807) is 44.2 Å². The Balaban J connectivity index is 2.04. The molecular formula is C27H29ClFN3O4S. The second kappa shape index (κ2) is 12.2. The highest BCUT2D eigenvalue weighted by Crippen LogP contribution is 2.26. The summed E-state index contributed by atoms with van der Waals surface area (Å²) in [6.07, 6.45) is 0. The molecule has 0 fully saturated rings. The molecule has 1 N–H and O–H groups in total. The summed E-state index contributed by atoms with van der Waals surface area (Å²) in [5, 5.41) is 3.03. The summed E-state index contributed by atoms with van der Waals surface area (Å²) >= 11 is 5.95.